The second-order valence-corrected chi connectivity index (χ2v) is 12.4. The van der Waals surface area contributed by atoms with Gasteiger partial charge in [0.2, 0.25) is 0 Å². The Morgan fingerprint density at radius 2 is 1.89 bits per heavy atom. The molecule has 3 heterocycles. The Morgan fingerprint density at radius 1 is 1.11 bits per heavy atom. The average molecular weight is 526 g/mol. The number of carbonyl (C=O) groups excluding carboxylic acids is 1. The van der Waals surface area contributed by atoms with Crippen LogP contribution in [0.4, 0.5) is 0 Å². The van der Waals surface area contributed by atoms with Gasteiger partial charge in [-0.05, 0) is 47.9 Å². The number of ether oxygens (including phenoxy) is 1. The number of carboxylic acid groups (broad SMARTS) is 1. The predicted molar refractivity (Wildman–Crippen MR) is 132 cm³/mol. The molecule has 2 aliphatic heterocycles. The Kier molecular flexibility index (Phi) is 4.79. The molecule has 2 aliphatic carbocycles. The van der Waals surface area contributed by atoms with Crippen LogP contribution in [-0.4, -0.2) is 26.9 Å². The van der Waals surface area contributed by atoms with Gasteiger partial charge in [-0.1, -0.05) is 53.3 Å². The molecule has 7 atom stereocenters. The fourth-order valence-electron chi connectivity index (χ4n) is 6.96. The molecule has 1 aromatic heterocycles. The molecular weight excluding hydrogens is 506 g/mol. The zero-order valence-corrected chi connectivity index (χ0v) is 20.7. The van der Waals surface area contributed by atoms with E-state index in [9.17, 15) is 19.5 Å². The Bertz CT molecular complexity index is 1450. The first kappa shape index (κ1) is 21.7. The molecule has 2 saturated carbocycles. The SMILES string of the molecule is O=C(O)C1C2CC3C1C(=O)Oc1ccccc1C1c4sc(=O)n(Cc5ccc(Cl)cc5)c4SC2C13. The van der Waals surface area contributed by atoms with Gasteiger partial charge in [-0.15, -0.1) is 11.8 Å². The third kappa shape index (κ3) is 3.06. The molecule has 0 spiro atoms. The zero-order valence-electron chi connectivity index (χ0n) is 18.3. The molecule has 2 fully saturated rings. The van der Waals surface area contributed by atoms with Crippen molar-refractivity contribution in [1.29, 1.82) is 0 Å². The number of carboxylic acids is 1. The summed E-state index contributed by atoms with van der Waals surface area (Å²) in [4.78, 5) is 39.8. The molecule has 35 heavy (non-hydrogen) atoms. The number of fused-ring (bicyclic) bond motifs is 6. The second-order valence-electron chi connectivity index (χ2n) is 9.80. The van der Waals surface area contributed by atoms with Crippen molar-refractivity contribution < 1.29 is 19.4 Å². The van der Waals surface area contributed by atoms with Crippen LogP contribution in [0.2, 0.25) is 5.02 Å². The van der Waals surface area contributed by atoms with E-state index in [2.05, 4.69) is 0 Å². The van der Waals surface area contributed by atoms with E-state index in [1.807, 2.05) is 47.0 Å². The largest absolute Gasteiger partial charge is 0.481 e. The van der Waals surface area contributed by atoms with Crippen LogP contribution in [0.25, 0.3) is 0 Å². The Morgan fingerprint density at radius 3 is 2.66 bits per heavy atom. The summed E-state index contributed by atoms with van der Waals surface area (Å²) in [6.07, 6.45) is 0.702. The van der Waals surface area contributed by atoms with Gasteiger partial charge in [0.25, 0.3) is 0 Å². The monoisotopic (exact) mass is 525 g/mol. The summed E-state index contributed by atoms with van der Waals surface area (Å²) in [5, 5.41) is 11.7. The minimum atomic E-state index is -0.932. The van der Waals surface area contributed by atoms with Crippen LogP contribution in [0, 0.1) is 29.6 Å². The van der Waals surface area contributed by atoms with E-state index in [-0.39, 0.29) is 33.8 Å². The maximum Gasteiger partial charge on any atom is 0.315 e. The van der Waals surface area contributed by atoms with Crippen molar-refractivity contribution in [3.05, 3.63) is 79.2 Å². The van der Waals surface area contributed by atoms with Crippen LogP contribution >= 0.6 is 34.7 Å². The molecule has 7 unspecified atom stereocenters. The standard InChI is InChI=1S/C26H20ClNO5S2/c27-12-7-5-11(6-8-12)10-28-23-22(35-26(28)32)17-13-3-1-2-4-16(13)33-25(31)20-14-9-15(19(20)24(29)30)21(34-23)18(14)17/h1-8,14-15,17-21H,9-10H2,(H,29,30). The van der Waals surface area contributed by atoms with E-state index >= 15 is 0 Å². The molecule has 2 bridgehead atoms. The van der Waals surface area contributed by atoms with Crippen LogP contribution in [0.5, 0.6) is 5.75 Å². The van der Waals surface area contributed by atoms with Gasteiger partial charge in [0, 0.05) is 26.6 Å². The van der Waals surface area contributed by atoms with Crippen molar-refractivity contribution in [2.75, 3.05) is 0 Å². The van der Waals surface area contributed by atoms with Crippen molar-refractivity contribution in [3.63, 3.8) is 0 Å². The Balaban J connectivity index is 1.42. The van der Waals surface area contributed by atoms with Crippen molar-refractivity contribution >= 4 is 46.6 Å². The van der Waals surface area contributed by atoms with Crippen molar-refractivity contribution in [2.24, 2.45) is 29.6 Å². The Labute approximate surface area is 213 Å². The lowest BCUT2D eigenvalue weighted by molar-refractivity contribution is -0.156. The first-order chi connectivity index (χ1) is 16.9. The molecule has 0 saturated heterocycles. The molecular formula is C26H20ClNO5S2. The topological polar surface area (TPSA) is 85.6 Å². The quantitative estimate of drug-likeness (QED) is 0.393. The number of carbonyl (C=O) groups is 2. The van der Waals surface area contributed by atoms with Gasteiger partial charge in [0.15, 0.2) is 0 Å². The number of thioether (sulfide) groups is 1. The molecule has 4 aliphatic rings. The highest BCUT2D eigenvalue weighted by Gasteiger charge is 2.67. The van der Waals surface area contributed by atoms with Gasteiger partial charge in [0.05, 0.1) is 23.4 Å². The summed E-state index contributed by atoms with van der Waals surface area (Å²) in [7, 11) is 0. The lowest BCUT2D eigenvalue weighted by Crippen LogP contribution is -2.49. The number of nitrogens with zero attached hydrogens (tertiary/aromatic N) is 1. The molecule has 9 heteroatoms. The fourth-order valence-corrected chi connectivity index (χ4v) is 10.2. The van der Waals surface area contributed by atoms with Gasteiger partial charge >= 0.3 is 16.8 Å². The van der Waals surface area contributed by atoms with Crippen LogP contribution in [-0.2, 0) is 16.1 Å². The third-order valence-electron chi connectivity index (χ3n) is 8.21. The highest BCUT2D eigenvalue weighted by atomic mass is 35.5. The molecule has 3 aromatic rings. The average Bonchev–Trinajstić information content (AvgIpc) is 3.49. The second kappa shape index (κ2) is 7.72. The molecule has 6 nitrogen and oxygen atoms in total. The van der Waals surface area contributed by atoms with E-state index in [1.54, 1.807) is 17.8 Å². The lowest BCUT2D eigenvalue weighted by Gasteiger charge is -2.46. The first-order valence-electron chi connectivity index (χ1n) is 11.6. The maximum absolute atomic E-state index is 13.3. The Hall–Kier alpha value is -2.55. The number of para-hydroxylation sites is 1. The van der Waals surface area contributed by atoms with Crippen LogP contribution in [0.3, 0.4) is 0 Å². The minimum Gasteiger partial charge on any atom is -0.481 e. The summed E-state index contributed by atoms with van der Waals surface area (Å²) in [5.74, 6) is -2.51. The normalized spacial score (nSPS) is 31.8. The van der Waals surface area contributed by atoms with Crippen LogP contribution < -0.4 is 9.61 Å². The number of hydrogen-bond acceptors (Lipinski definition) is 6. The van der Waals surface area contributed by atoms with Gasteiger partial charge in [-0.2, -0.15) is 0 Å². The van der Waals surface area contributed by atoms with E-state index < -0.39 is 23.8 Å². The van der Waals surface area contributed by atoms with Gasteiger partial charge in [0.1, 0.15) is 5.75 Å². The maximum atomic E-state index is 13.3. The molecule has 1 N–H and O–H groups in total. The number of benzene rings is 2. The molecule has 178 valence electrons. The van der Waals surface area contributed by atoms with Gasteiger partial charge < -0.3 is 9.84 Å². The van der Waals surface area contributed by atoms with E-state index in [4.69, 9.17) is 16.3 Å². The first-order valence-corrected chi connectivity index (χ1v) is 13.7. The van der Waals surface area contributed by atoms with Gasteiger partial charge in [-0.3, -0.25) is 19.0 Å². The number of aromatic nitrogens is 1. The number of thiazole rings is 1. The van der Waals surface area contributed by atoms with Crippen molar-refractivity contribution in [3.8, 4) is 5.75 Å². The number of aliphatic carboxylic acids is 1. The van der Waals surface area contributed by atoms with Crippen LogP contribution in [0.15, 0.2) is 58.4 Å². The third-order valence-corrected chi connectivity index (χ3v) is 11.3. The molecule has 7 rings (SSSR count). The fraction of sp³-hybridized carbons (Fsp3) is 0.346. The minimum absolute atomic E-state index is 0.0271. The van der Waals surface area contributed by atoms with Gasteiger partial charge in [-0.25, -0.2) is 0 Å². The summed E-state index contributed by atoms with van der Waals surface area (Å²) < 4.78 is 7.66. The molecule has 0 radical (unpaired) electrons. The van der Waals surface area contributed by atoms with Crippen molar-refractivity contribution in [2.45, 2.75) is 29.2 Å². The number of rotatable bonds is 3. The summed E-state index contributed by atoms with van der Waals surface area (Å²) in [5.41, 5.74) is 1.89. The van der Waals surface area contributed by atoms with Crippen molar-refractivity contribution in [1.82, 2.24) is 4.57 Å². The number of hydrogen-bond donors (Lipinski definition) is 1. The van der Waals surface area contributed by atoms with E-state index in [0.717, 1.165) is 21.0 Å². The molecule has 0 amide bonds. The smallest absolute Gasteiger partial charge is 0.315 e. The highest BCUT2D eigenvalue weighted by Crippen LogP contribution is 2.68. The van der Waals surface area contributed by atoms with Crippen LogP contribution in [0.1, 0.15) is 28.3 Å². The number of halogens is 1. The predicted octanol–water partition coefficient (Wildman–Crippen LogP) is 4.72. The van der Waals surface area contributed by atoms with E-state index in [1.165, 1.54) is 11.3 Å². The summed E-state index contributed by atoms with van der Waals surface area (Å²) >= 11 is 8.96. The molecule has 2 aromatic carbocycles. The number of esters is 1. The lowest BCUT2D eigenvalue weighted by atomic mass is 9.66. The summed E-state index contributed by atoms with van der Waals surface area (Å²) in [6, 6.07) is 15.0. The zero-order chi connectivity index (χ0) is 24.0. The highest BCUT2D eigenvalue weighted by molar-refractivity contribution is 8.00. The summed E-state index contributed by atoms with van der Waals surface area (Å²) in [6.45, 7) is 0.425. The van der Waals surface area contributed by atoms with E-state index in [0.29, 0.717) is 23.7 Å².